The molecule has 1 aromatic carbocycles. The van der Waals surface area contributed by atoms with Crippen LogP contribution in [0.4, 0.5) is 0 Å². The molecule has 1 amide bonds. The van der Waals surface area contributed by atoms with Gasteiger partial charge in [-0.25, -0.2) is 0 Å². The van der Waals surface area contributed by atoms with Gasteiger partial charge in [0.25, 0.3) is 5.91 Å². The van der Waals surface area contributed by atoms with Crippen LogP contribution in [0.1, 0.15) is 27.7 Å². The predicted octanol–water partition coefficient (Wildman–Crippen LogP) is 2.22. The van der Waals surface area contributed by atoms with Crippen molar-refractivity contribution in [3.05, 3.63) is 59.5 Å². The number of rotatable bonds is 5. The van der Waals surface area contributed by atoms with Gasteiger partial charge >= 0.3 is 0 Å². The molecule has 2 heterocycles. The van der Waals surface area contributed by atoms with Gasteiger partial charge in [0.1, 0.15) is 0 Å². The van der Waals surface area contributed by atoms with E-state index in [9.17, 15) is 4.79 Å². The smallest absolute Gasteiger partial charge is 0.289 e. The molecule has 1 atom stereocenters. The Hall–Kier alpha value is -2.80. The SMILES string of the molecule is CN=C(NCC(c1ccc(C)cc1)N(C)C)N1CCN(C(=O)c2ccco2)CC1. The lowest BCUT2D eigenvalue weighted by Crippen LogP contribution is -2.54. The maximum atomic E-state index is 12.4. The molecule has 7 nitrogen and oxygen atoms in total. The third-order valence-electron chi connectivity index (χ3n) is 5.35. The molecular formula is C22H31N5O2. The van der Waals surface area contributed by atoms with Crippen molar-refractivity contribution in [2.24, 2.45) is 4.99 Å². The molecule has 156 valence electrons. The van der Waals surface area contributed by atoms with Gasteiger partial charge in [-0.15, -0.1) is 0 Å². The van der Waals surface area contributed by atoms with Crippen LogP contribution in [0.5, 0.6) is 0 Å². The lowest BCUT2D eigenvalue weighted by Gasteiger charge is -2.37. The van der Waals surface area contributed by atoms with Crippen molar-refractivity contribution in [2.45, 2.75) is 13.0 Å². The van der Waals surface area contributed by atoms with E-state index in [-0.39, 0.29) is 11.9 Å². The summed E-state index contributed by atoms with van der Waals surface area (Å²) in [5, 5.41) is 3.52. The molecule has 29 heavy (non-hydrogen) atoms. The van der Waals surface area contributed by atoms with E-state index >= 15 is 0 Å². The molecule has 1 unspecified atom stereocenters. The number of carbonyl (C=O) groups excluding carboxylic acids is 1. The molecule has 0 aliphatic carbocycles. The molecule has 1 aliphatic heterocycles. The van der Waals surface area contributed by atoms with Crippen molar-refractivity contribution < 1.29 is 9.21 Å². The highest BCUT2D eigenvalue weighted by Crippen LogP contribution is 2.18. The second kappa shape index (κ2) is 9.60. The van der Waals surface area contributed by atoms with E-state index in [1.54, 1.807) is 19.2 Å². The van der Waals surface area contributed by atoms with E-state index in [1.807, 2.05) is 4.90 Å². The molecule has 1 N–H and O–H groups in total. The molecule has 0 saturated carbocycles. The second-order valence-corrected chi connectivity index (χ2v) is 7.57. The Morgan fingerprint density at radius 2 is 1.79 bits per heavy atom. The second-order valence-electron chi connectivity index (χ2n) is 7.57. The number of nitrogens with zero attached hydrogens (tertiary/aromatic N) is 4. The number of hydrogen-bond donors (Lipinski definition) is 1. The molecule has 1 saturated heterocycles. The lowest BCUT2D eigenvalue weighted by atomic mass is 10.0. The van der Waals surface area contributed by atoms with Crippen LogP contribution >= 0.6 is 0 Å². The summed E-state index contributed by atoms with van der Waals surface area (Å²) in [5.41, 5.74) is 2.54. The first kappa shape index (κ1) is 20.9. The number of furan rings is 1. The molecule has 1 aromatic heterocycles. The minimum Gasteiger partial charge on any atom is -0.459 e. The summed E-state index contributed by atoms with van der Waals surface area (Å²) in [4.78, 5) is 23.1. The third-order valence-corrected chi connectivity index (χ3v) is 5.35. The highest BCUT2D eigenvalue weighted by Gasteiger charge is 2.25. The van der Waals surface area contributed by atoms with E-state index in [0.717, 1.165) is 25.6 Å². The fourth-order valence-electron chi connectivity index (χ4n) is 3.58. The van der Waals surface area contributed by atoms with Crippen LogP contribution in [0.15, 0.2) is 52.1 Å². The number of nitrogens with one attached hydrogen (secondary N) is 1. The number of aryl methyl sites for hydroxylation is 1. The number of aliphatic imine (C=N–C) groups is 1. The van der Waals surface area contributed by atoms with Crippen molar-refractivity contribution in [3.8, 4) is 0 Å². The Bertz CT molecular complexity index is 806. The summed E-state index contributed by atoms with van der Waals surface area (Å²) < 4.78 is 5.24. The number of likely N-dealkylation sites (N-methyl/N-ethyl adjacent to an activating group) is 1. The average molecular weight is 398 g/mol. The standard InChI is InChI=1S/C22H31N5O2/c1-17-7-9-18(10-8-17)19(25(3)4)16-24-22(23-2)27-13-11-26(12-14-27)21(28)20-6-5-15-29-20/h5-10,15,19H,11-14,16H2,1-4H3,(H,23,24). The number of benzene rings is 1. The summed E-state index contributed by atoms with van der Waals surface area (Å²) in [6, 6.07) is 12.4. The molecule has 1 fully saturated rings. The molecular weight excluding hydrogens is 366 g/mol. The summed E-state index contributed by atoms with van der Waals surface area (Å²) in [6.45, 7) is 5.64. The predicted molar refractivity (Wildman–Crippen MR) is 115 cm³/mol. The molecule has 7 heteroatoms. The number of amides is 1. The fourth-order valence-corrected chi connectivity index (χ4v) is 3.58. The zero-order valence-corrected chi connectivity index (χ0v) is 17.8. The van der Waals surface area contributed by atoms with E-state index in [4.69, 9.17) is 4.42 Å². The summed E-state index contributed by atoms with van der Waals surface area (Å²) >= 11 is 0. The van der Waals surface area contributed by atoms with Gasteiger partial charge in [0.15, 0.2) is 11.7 Å². The van der Waals surface area contributed by atoms with Crippen LogP contribution < -0.4 is 5.32 Å². The van der Waals surface area contributed by atoms with Crippen molar-refractivity contribution >= 4 is 11.9 Å². The van der Waals surface area contributed by atoms with Crippen LogP contribution in [-0.2, 0) is 0 Å². The topological polar surface area (TPSA) is 64.3 Å². The molecule has 0 bridgehead atoms. The largest absolute Gasteiger partial charge is 0.459 e. The minimum atomic E-state index is -0.0513. The van der Waals surface area contributed by atoms with Gasteiger partial charge in [0.2, 0.25) is 0 Å². The van der Waals surface area contributed by atoms with Crippen LogP contribution in [-0.4, -0.2) is 80.4 Å². The summed E-state index contributed by atoms with van der Waals surface area (Å²) in [7, 11) is 5.99. The van der Waals surface area contributed by atoms with Crippen molar-refractivity contribution in [2.75, 3.05) is 53.9 Å². The van der Waals surface area contributed by atoms with E-state index in [0.29, 0.717) is 18.8 Å². The lowest BCUT2D eigenvalue weighted by molar-refractivity contribution is 0.0657. The van der Waals surface area contributed by atoms with Gasteiger partial charge in [-0.1, -0.05) is 29.8 Å². The zero-order valence-electron chi connectivity index (χ0n) is 17.8. The normalized spacial score (nSPS) is 16.2. The first-order valence-electron chi connectivity index (χ1n) is 10.0. The van der Waals surface area contributed by atoms with Gasteiger partial charge < -0.3 is 24.4 Å². The fraction of sp³-hybridized carbons (Fsp3) is 0.455. The number of hydrogen-bond acceptors (Lipinski definition) is 4. The Kier molecular flexibility index (Phi) is 6.93. The number of guanidine groups is 1. The first-order valence-corrected chi connectivity index (χ1v) is 10.0. The van der Waals surface area contributed by atoms with E-state index < -0.39 is 0 Å². The van der Waals surface area contributed by atoms with Crippen molar-refractivity contribution in [1.82, 2.24) is 20.0 Å². The third kappa shape index (κ3) is 5.17. The minimum absolute atomic E-state index is 0.0513. The van der Waals surface area contributed by atoms with Gasteiger partial charge in [-0.05, 0) is 38.7 Å². The molecule has 0 spiro atoms. The van der Waals surface area contributed by atoms with Gasteiger partial charge in [-0.2, -0.15) is 0 Å². The van der Waals surface area contributed by atoms with Crippen LogP contribution in [0.3, 0.4) is 0 Å². The zero-order chi connectivity index (χ0) is 20.8. The van der Waals surface area contributed by atoms with E-state index in [1.165, 1.54) is 17.4 Å². The molecule has 0 radical (unpaired) electrons. The van der Waals surface area contributed by atoms with Crippen molar-refractivity contribution in [3.63, 3.8) is 0 Å². The summed E-state index contributed by atoms with van der Waals surface area (Å²) in [5.74, 6) is 1.21. The Morgan fingerprint density at radius 3 is 2.34 bits per heavy atom. The highest BCUT2D eigenvalue weighted by atomic mass is 16.3. The average Bonchev–Trinajstić information content (AvgIpc) is 3.27. The molecule has 1 aliphatic rings. The quantitative estimate of drug-likeness (QED) is 0.619. The van der Waals surface area contributed by atoms with Gasteiger partial charge in [0, 0.05) is 39.8 Å². The highest BCUT2D eigenvalue weighted by molar-refractivity contribution is 5.91. The van der Waals surface area contributed by atoms with Crippen LogP contribution in [0, 0.1) is 6.92 Å². The first-order chi connectivity index (χ1) is 14.0. The maximum absolute atomic E-state index is 12.4. The molecule has 2 aromatic rings. The Morgan fingerprint density at radius 1 is 1.14 bits per heavy atom. The number of carbonyl (C=O) groups is 1. The Labute approximate surface area is 173 Å². The number of piperazine rings is 1. The van der Waals surface area contributed by atoms with Crippen LogP contribution in [0.25, 0.3) is 0 Å². The summed E-state index contributed by atoms with van der Waals surface area (Å²) in [6.07, 6.45) is 1.53. The Balaban J connectivity index is 1.56. The monoisotopic (exact) mass is 397 g/mol. The molecule has 3 rings (SSSR count). The van der Waals surface area contributed by atoms with Gasteiger partial charge in [-0.3, -0.25) is 9.79 Å². The van der Waals surface area contributed by atoms with Crippen molar-refractivity contribution in [1.29, 1.82) is 0 Å². The van der Waals surface area contributed by atoms with E-state index in [2.05, 4.69) is 65.4 Å². The van der Waals surface area contributed by atoms with Gasteiger partial charge in [0.05, 0.1) is 12.3 Å². The van der Waals surface area contributed by atoms with Crippen LogP contribution in [0.2, 0.25) is 0 Å². The maximum Gasteiger partial charge on any atom is 0.289 e.